The standard InChI is InChI=1S/C25H22N2O8/c28-24(29)20(25(30)31)4-2-1-3-11-34-19-9-7-15-12-17(6-5-16(15)13-19)23-26-21-10-8-18(27(32)33)14-22(21)35-23/h5-10,12-14,20H,1-4,11H2,(H,28,29)(H,30,31). The van der Waals surface area contributed by atoms with Crippen molar-refractivity contribution >= 4 is 39.5 Å². The average molecular weight is 478 g/mol. The number of aromatic nitrogens is 1. The molecule has 4 aromatic rings. The molecule has 0 aliphatic carbocycles. The Hall–Kier alpha value is -4.47. The first-order chi connectivity index (χ1) is 16.8. The van der Waals surface area contributed by atoms with E-state index in [9.17, 15) is 19.7 Å². The fourth-order valence-corrected chi connectivity index (χ4v) is 3.77. The van der Waals surface area contributed by atoms with Crippen LogP contribution >= 0.6 is 0 Å². The number of nitrogens with zero attached hydrogens (tertiary/aromatic N) is 2. The highest BCUT2D eigenvalue weighted by molar-refractivity contribution is 5.92. The van der Waals surface area contributed by atoms with Crippen molar-refractivity contribution in [1.29, 1.82) is 0 Å². The first kappa shape index (κ1) is 23.7. The van der Waals surface area contributed by atoms with Gasteiger partial charge in [-0.25, -0.2) is 4.98 Å². The van der Waals surface area contributed by atoms with Crippen molar-refractivity contribution in [3.8, 4) is 17.2 Å². The van der Waals surface area contributed by atoms with Crippen molar-refractivity contribution in [1.82, 2.24) is 4.98 Å². The molecule has 180 valence electrons. The van der Waals surface area contributed by atoms with E-state index in [0.29, 0.717) is 48.6 Å². The van der Waals surface area contributed by atoms with E-state index in [0.717, 1.165) is 16.3 Å². The summed E-state index contributed by atoms with van der Waals surface area (Å²) in [7, 11) is 0. The van der Waals surface area contributed by atoms with Gasteiger partial charge in [0.1, 0.15) is 11.3 Å². The Morgan fingerprint density at radius 2 is 1.71 bits per heavy atom. The van der Waals surface area contributed by atoms with Crippen LogP contribution < -0.4 is 4.74 Å². The Bertz CT molecular complexity index is 1400. The summed E-state index contributed by atoms with van der Waals surface area (Å²) in [5.41, 5.74) is 1.57. The Balaban J connectivity index is 1.36. The Kier molecular flexibility index (Phi) is 6.91. The molecule has 3 aromatic carbocycles. The van der Waals surface area contributed by atoms with Crippen molar-refractivity contribution in [2.75, 3.05) is 6.61 Å². The van der Waals surface area contributed by atoms with E-state index >= 15 is 0 Å². The van der Waals surface area contributed by atoms with E-state index in [4.69, 9.17) is 19.4 Å². The maximum atomic E-state index is 11.0. The van der Waals surface area contributed by atoms with Gasteiger partial charge in [-0.05, 0) is 53.9 Å². The third-order valence-corrected chi connectivity index (χ3v) is 5.64. The molecular formula is C25H22N2O8. The van der Waals surface area contributed by atoms with Gasteiger partial charge in [0.2, 0.25) is 5.89 Å². The predicted octanol–water partition coefficient (Wildman–Crippen LogP) is 5.28. The second-order valence-corrected chi connectivity index (χ2v) is 8.08. The molecule has 0 spiro atoms. The molecule has 0 aliphatic heterocycles. The van der Waals surface area contributed by atoms with Gasteiger partial charge in [0.15, 0.2) is 11.5 Å². The number of carbonyl (C=O) groups is 2. The smallest absolute Gasteiger partial charge is 0.317 e. The van der Waals surface area contributed by atoms with Crippen LogP contribution in [-0.2, 0) is 9.59 Å². The second-order valence-electron chi connectivity index (χ2n) is 8.08. The van der Waals surface area contributed by atoms with Crippen molar-refractivity contribution in [2.24, 2.45) is 5.92 Å². The molecule has 1 aromatic heterocycles. The molecule has 0 bridgehead atoms. The highest BCUT2D eigenvalue weighted by atomic mass is 16.6. The third-order valence-electron chi connectivity index (χ3n) is 5.64. The number of non-ortho nitro benzene ring substituents is 1. The van der Waals surface area contributed by atoms with Gasteiger partial charge in [-0.15, -0.1) is 0 Å². The number of aliphatic carboxylic acids is 2. The molecule has 0 aliphatic rings. The van der Waals surface area contributed by atoms with Gasteiger partial charge >= 0.3 is 11.9 Å². The van der Waals surface area contributed by atoms with Crippen LogP contribution in [0.1, 0.15) is 25.7 Å². The summed E-state index contributed by atoms with van der Waals surface area (Å²) in [6.45, 7) is 0.434. The third kappa shape index (κ3) is 5.55. The number of hydrogen-bond acceptors (Lipinski definition) is 7. The summed E-state index contributed by atoms with van der Waals surface area (Å²) in [4.78, 5) is 36.7. The highest BCUT2D eigenvalue weighted by Gasteiger charge is 2.24. The summed E-state index contributed by atoms with van der Waals surface area (Å²) in [5.74, 6) is -2.93. The van der Waals surface area contributed by atoms with Gasteiger partial charge in [-0.3, -0.25) is 19.7 Å². The van der Waals surface area contributed by atoms with Crippen molar-refractivity contribution in [3.05, 3.63) is 64.7 Å². The molecular weight excluding hydrogens is 456 g/mol. The van der Waals surface area contributed by atoms with Gasteiger partial charge in [-0.1, -0.05) is 25.0 Å². The van der Waals surface area contributed by atoms with E-state index in [2.05, 4.69) is 4.98 Å². The maximum Gasteiger partial charge on any atom is 0.317 e. The largest absolute Gasteiger partial charge is 0.494 e. The van der Waals surface area contributed by atoms with E-state index in [1.165, 1.54) is 12.1 Å². The molecule has 2 N–H and O–H groups in total. The van der Waals surface area contributed by atoms with Crippen molar-refractivity contribution < 1.29 is 33.9 Å². The minimum Gasteiger partial charge on any atom is -0.494 e. The summed E-state index contributed by atoms with van der Waals surface area (Å²) in [6.07, 6.45) is 1.94. The van der Waals surface area contributed by atoms with Gasteiger partial charge in [0, 0.05) is 11.6 Å². The highest BCUT2D eigenvalue weighted by Crippen LogP contribution is 2.30. The number of unbranched alkanes of at least 4 members (excludes halogenated alkanes) is 2. The van der Waals surface area contributed by atoms with Crippen LogP contribution in [0.15, 0.2) is 59.0 Å². The monoisotopic (exact) mass is 478 g/mol. The molecule has 0 amide bonds. The minimum atomic E-state index is -1.37. The van der Waals surface area contributed by atoms with Gasteiger partial charge in [-0.2, -0.15) is 0 Å². The second kappa shape index (κ2) is 10.2. The Labute approximate surface area is 198 Å². The lowest BCUT2D eigenvalue weighted by atomic mass is 10.0. The number of rotatable bonds is 11. The fraction of sp³-hybridized carbons (Fsp3) is 0.240. The van der Waals surface area contributed by atoms with Crippen molar-refractivity contribution in [3.63, 3.8) is 0 Å². The molecule has 4 rings (SSSR count). The van der Waals surface area contributed by atoms with Crippen LogP contribution in [0.3, 0.4) is 0 Å². The molecule has 0 atom stereocenters. The molecule has 0 saturated heterocycles. The molecule has 10 heteroatoms. The zero-order chi connectivity index (χ0) is 24.9. The van der Waals surface area contributed by atoms with E-state index in [1.807, 2.05) is 36.4 Å². The summed E-state index contributed by atoms with van der Waals surface area (Å²) in [5, 5.41) is 30.6. The number of hydrogen-bond donors (Lipinski definition) is 2. The van der Waals surface area contributed by atoms with Crippen LogP contribution in [0, 0.1) is 16.0 Å². The number of ether oxygens (including phenoxy) is 1. The SMILES string of the molecule is O=C(O)C(CCCCCOc1ccc2cc(-c3nc4ccc([N+](=O)[O-])cc4o3)ccc2c1)C(=O)O. The zero-order valence-electron chi connectivity index (χ0n) is 18.5. The summed E-state index contributed by atoms with van der Waals surface area (Å²) in [6, 6.07) is 15.6. The summed E-state index contributed by atoms with van der Waals surface area (Å²) < 4.78 is 11.5. The predicted molar refractivity (Wildman–Crippen MR) is 126 cm³/mol. The molecule has 0 fully saturated rings. The van der Waals surface area contributed by atoms with Crippen LogP contribution in [-0.4, -0.2) is 38.7 Å². The molecule has 0 saturated carbocycles. The number of carboxylic acids is 2. The van der Waals surface area contributed by atoms with Crippen molar-refractivity contribution in [2.45, 2.75) is 25.7 Å². The first-order valence-corrected chi connectivity index (χ1v) is 11.0. The van der Waals surface area contributed by atoms with Gasteiger partial charge in [0.05, 0.1) is 17.6 Å². The number of nitro benzene ring substituents is 1. The zero-order valence-corrected chi connectivity index (χ0v) is 18.5. The lowest BCUT2D eigenvalue weighted by Gasteiger charge is -2.09. The lowest BCUT2D eigenvalue weighted by Crippen LogP contribution is -2.23. The number of oxazole rings is 1. The topological polar surface area (TPSA) is 153 Å². The van der Waals surface area contributed by atoms with Crippen LogP contribution in [0.2, 0.25) is 0 Å². The van der Waals surface area contributed by atoms with Crippen LogP contribution in [0.4, 0.5) is 5.69 Å². The molecule has 1 heterocycles. The normalized spacial score (nSPS) is 11.2. The number of carboxylic acid groups (broad SMARTS) is 2. The lowest BCUT2D eigenvalue weighted by molar-refractivity contribution is -0.384. The van der Waals surface area contributed by atoms with Gasteiger partial charge in [0.25, 0.3) is 5.69 Å². The molecule has 10 nitrogen and oxygen atoms in total. The number of fused-ring (bicyclic) bond motifs is 2. The molecule has 0 radical (unpaired) electrons. The number of benzene rings is 3. The minimum absolute atomic E-state index is 0.0593. The fourth-order valence-electron chi connectivity index (χ4n) is 3.77. The number of nitro groups is 1. The van der Waals surface area contributed by atoms with Crippen LogP contribution in [0.25, 0.3) is 33.3 Å². The van der Waals surface area contributed by atoms with E-state index in [1.54, 1.807) is 6.07 Å². The van der Waals surface area contributed by atoms with E-state index in [-0.39, 0.29) is 12.1 Å². The Morgan fingerprint density at radius 1 is 0.971 bits per heavy atom. The van der Waals surface area contributed by atoms with Crippen LogP contribution in [0.5, 0.6) is 5.75 Å². The summed E-state index contributed by atoms with van der Waals surface area (Å²) >= 11 is 0. The first-order valence-electron chi connectivity index (χ1n) is 11.0. The average Bonchev–Trinajstić information content (AvgIpc) is 3.26. The quantitative estimate of drug-likeness (QED) is 0.127. The maximum absolute atomic E-state index is 11.0. The van der Waals surface area contributed by atoms with E-state index < -0.39 is 22.8 Å². The Morgan fingerprint density at radius 3 is 2.46 bits per heavy atom. The molecule has 0 unspecified atom stereocenters. The molecule has 35 heavy (non-hydrogen) atoms. The van der Waals surface area contributed by atoms with Gasteiger partial charge < -0.3 is 19.4 Å².